The summed E-state index contributed by atoms with van der Waals surface area (Å²) in [6, 6.07) is 3.25. The average Bonchev–Trinajstić information content (AvgIpc) is 2.86. The third-order valence-corrected chi connectivity index (χ3v) is 2.64. The lowest BCUT2D eigenvalue weighted by atomic mass is 10.3. The number of nitrogens with zero attached hydrogens (tertiary/aromatic N) is 2. The molecule has 16 heavy (non-hydrogen) atoms. The van der Waals surface area contributed by atoms with Crippen molar-refractivity contribution in [3.8, 4) is 0 Å². The summed E-state index contributed by atoms with van der Waals surface area (Å²) in [6.45, 7) is 1.77. The standard InChI is InChI=1S/C9H8ClN3O2S/c1-5(10)6-2-3-7(15-6)8(14)12-9-13-11-4-16-9/h2-5H,1H3,(H,12,13,14). The molecule has 84 valence electrons. The molecule has 0 spiro atoms. The molecule has 2 aromatic heterocycles. The van der Waals surface area contributed by atoms with Gasteiger partial charge in [0.05, 0.1) is 5.38 Å². The first-order valence-corrected chi connectivity index (χ1v) is 5.80. The second-order valence-corrected chi connectivity index (χ2v) is 4.50. The van der Waals surface area contributed by atoms with Crippen LogP contribution >= 0.6 is 22.9 Å². The van der Waals surface area contributed by atoms with Crippen LogP contribution < -0.4 is 5.32 Å². The van der Waals surface area contributed by atoms with Crippen LogP contribution in [0.15, 0.2) is 22.1 Å². The van der Waals surface area contributed by atoms with Gasteiger partial charge in [-0.05, 0) is 19.1 Å². The highest BCUT2D eigenvalue weighted by Gasteiger charge is 2.14. The van der Waals surface area contributed by atoms with Gasteiger partial charge in [0.2, 0.25) is 5.13 Å². The summed E-state index contributed by atoms with van der Waals surface area (Å²) >= 11 is 7.06. The van der Waals surface area contributed by atoms with E-state index in [9.17, 15) is 4.79 Å². The number of hydrogen-bond acceptors (Lipinski definition) is 5. The topological polar surface area (TPSA) is 68.0 Å². The Morgan fingerprint density at radius 3 is 3.00 bits per heavy atom. The van der Waals surface area contributed by atoms with Crippen LogP contribution in [0.2, 0.25) is 0 Å². The van der Waals surface area contributed by atoms with Crippen molar-refractivity contribution < 1.29 is 9.21 Å². The van der Waals surface area contributed by atoms with E-state index in [2.05, 4.69) is 15.5 Å². The normalized spacial score (nSPS) is 12.4. The summed E-state index contributed by atoms with van der Waals surface area (Å²) in [7, 11) is 0. The van der Waals surface area contributed by atoms with E-state index in [-0.39, 0.29) is 17.0 Å². The fourth-order valence-electron chi connectivity index (χ4n) is 1.07. The lowest BCUT2D eigenvalue weighted by Gasteiger charge is -1.98. The van der Waals surface area contributed by atoms with Crippen LogP contribution in [0, 0.1) is 0 Å². The van der Waals surface area contributed by atoms with Gasteiger partial charge in [0.25, 0.3) is 5.91 Å². The Bertz CT molecular complexity index is 481. The zero-order valence-corrected chi connectivity index (χ0v) is 9.88. The Hall–Kier alpha value is -1.40. The maximum atomic E-state index is 11.6. The van der Waals surface area contributed by atoms with E-state index in [1.54, 1.807) is 19.1 Å². The van der Waals surface area contributed by atoms with Crippen LogP contribution in [0.3, 0.4) is 0 Å². The number of rotatable bonds is 3. The van der Waals surface area contributed by atoms with Gasteiger partial charge in [-0.25, -0.2) is 0 Å². The molecule has 0 aromatic carbocycles. The number of hydrogen-bond donors (Lipinski definition) is 1. The molecule has 0 aliphatic heterocycles. The minimum Gasteiger partial charge on any atom is -0.454 e. The summed E-state index contributed by atoms with van der Waals surface area (Å²) in [5.41, 5.74) is 1.53. The smallest absolute Gasteiger partial charge is 0.293 e. The largest absolute Gasteiger partial charge is 0.454 e. The predicted octanol–water partition coefficient (Wildman–Crippen LogP) is 2.68. The lowest BCUT2D eigenvalue weighted by Crippen LogP contribution is -2.10. The fraction of sp³-hybridized carbons (Fsp3) is 0.222. The molecule has 2 aromatic rings. The van der Waals surface area contributed by atoms with Gasteiger partial charge in [-0.2, -0.15) is 0 Å². The van der Waals surface area contributed by atoms with Crippen molar-refractivity contribution >= 4 is 34.0 Å². The molecule has 0 radical (unpaired) electrons. The van der Waals surface area contributed by atoms with E-state index in [0.29, 0.717) is 10.9 Å². The van der Waals surface area contributed by atoms with Crippen LogP contribution in [0.25, 0.3) is 0 Å². The molecule has 0 aliphatic rings. The zero-order valence-electron chi connectivity index (χ0n) is 8.31. The van der Waals surface area contributed by atoms with Gasteiger partial charge in [0, 0.05) is 0 Å². The molecular formula is C9H8ClN3O2S. The first-order valence-electron chi connectivity index (χ1n) is 4.48. The van der Waals surface area contributed by atoms with Crippen LogP contribution in [0.1, 0.15) is 28.6 Å². The molecule has 7 heteroatoms. The van der Waals surface area contributed by atoms with Crippen LogP contribution in [0.5, 0.6) is 0 Å². The van der Waals surface area contributed by atoms with E-state index in [1.165, 1.54) is 16.8 Å². The molecule has 1 unspecified atom stereocenters. The SMILES string of the molecule is CC(Cl)c1ccc(C(=O)Nc2nncs2)o1. The quantitative estimate of drug-likeness (QED) is 0.859. The minimum atomic E-state index is -0.361. The molecule has 0 saturated carbocycles. The molecule has 2 rings (SSSR count). The van der Waals surface area contributed by atoms with Gasteiger partial charge in [0.1, 0.15) is 11.3 Å². The van der Waals surface area contributed by atoms with Crippen molar-refractivity contribution in [3.05, 3.63) is 29.2 Å². The number of furan rings is 1. The number of carbonyl (C=O) groups is 1. The second-order valence-electron chi connectivity index (χ2n) is 3.02. The lowest BCUT2D eigenvalue weighted by molar-refractivity contribution is 0.0995. The maximum Gasteiger partial charge on any atom is 0.293 e. The molecule has 0 aliphatic carbocycles. The molecule has 2 heterocycles. The van der Waals surface area contributed by atoms with E-state index >= 15 is 0 Å². The van der Waals surface area contributed by atoms with Crippen LogP contribution in [-0.4, -0.2) is 16.1 Å². The molecule has 1 atom stereocenters. The third-order valence-electron chi connectivity index (χ3n) is 1.82. The summed E-state index contributed by atoms with van der Waals surface area (Å²) in [5, 5.41) is 10.0. The summed E-state index contributed by atoms with van der Waals surface area (Å²) in [4.78, 5) is 11.6. The van der Waals surface area contributed by atoms with Crippen molar-refractivity contribution in [2.45, 2.75) is 12.3 Å². The molecule has 1 amide bonds. The van der Waals surface area contributed by atoms with Crippen molar-refractivity contribution in [2.24, 2.45) is 0 Å². The molecular weight excluding hydrogens is 250 g/mol. The first-order chi connectivity index (χ1) is 7.66. The van der Waals surface area contributed by atoms with Crippen molar-refractivity contribution in [2.75, 3.05) is 5.32 Å². The molecule has 0 saturated heterocycles. The van der Waals surface area contributed by atoms with Crippen molar-refractivity contribution in [1.29, 1.82) is 0 Å². The van der Waals surface area contributed by atoms with E-state index in [0.717, 1.165) is 0 Å². The number of amides is 1. The molecule has 0 fully saturated rings. The number of anilines is 1. The number of carbonyl (C=O) groups excluding carboxylic acids is 1. The Labute approximate surface area is 100 Å². The Balaban J connectivity index is 2.09. The summed E-state index contributed by atoms with van der Waals surface area (Å²) in [5.74, 6) is 0.405. The van der Waals surface area contributed by atoms with Gasteiger partial charge in [-0.15, -0.1) is 21.8 Å². The molecule has 1 N–H and O–H groups in total. The monoisotopic (exact) mass is 257 g/mol. The Morgan fingerprint density at radius 1 is 1.62 bits per heavy atom. The highest BCUT2D eigenvalue weighted by molar-refractivity contribution is 7.13. The number of nitrogens with one attached hydrogen (secondary N) is 1. The number of aromatic nitrogens is 2. The van der Waals surface area contributed by atoms with Gasteiger partial charge in [-0.3, -0.25) is 10.1 Å². The van der Waals surface area contributed by atoms with Crippen LogP contribution in [-0.2, 0) is 0 Å². The number of halogens is 1. The van der Waals surface area contributed by atoms with Gasteiger partial charge in [0.15, 0.2) is 5.76 Å². The van der Waals surface area contributed by atoms with Crippen molar-refractivity contribution in [1.82, 2.24) is 10.2 Å². The van der Waals surface area contributed by atoms with E-state index in [4.69, 9.17) is 16.0 Å². The fourth-order valence-corrected chi connectivity index (χ4v) is 1.63. The molecule has 0 bridgehead atoms. The predicted molar refractivity (Wildman–Crippen MR) is 60.8 cm³/mol. The van der Waals surface area contributed by atoms with Gasteiger partial charge in [-0.1, -0.05) is 11.3 Å². The number of alkyl halides is 1. The highest BCUT2D eigenvalue weighted by atomic mass is 35.5. The van der Waals surface area contributed by atoms with Gasteiger partial charge >= 0.3 is 0 Å². The van der Waals surface area contributed by atoms with Gasteiger partial charge < -0.3 is 4.42 Å². The summed E-state index contributed by atoms with van der Waals surface area (Å²) < 4.78 is 5.27. The van der Waals surface area contributed by atoms with Crippen LogP contribution in [0.4, 0.5) is 5.13 Å². The summed E-state index contributed by atoms with van der Waals surface area (Å²) in [6.07, 6.45) is 0. The van der Waals surface area contributed by atoms with E-state index < -0.39 is 0 Å². The Kier molecular flexibility index (Phi) is 3.21. The van der Waals surface area contributed by atoms with E-state index in [1.807, 2.05) is 0 Å². The second kappa shape index (κ2) is 4.63. The Morgan fingerprint density at radius 2 is 2.44 bits per heavy atom. The van der Waals surface area contributed by atoms with Crippen molar-refractivity contribution in [3.63, 3.8) is 0 Å². The highest BCUT2D eigenvalue weighted by Crippen LogP contribution is 2.22. The zero-order chi connectivity index (χ0) is 11.5. The first kappa shape index (κ1) is 11.1. The maximum absolute atomic E-state index is 11.6. The molecule has 5 nitrogen and oxygen atoms in total. The third kappa shape index (κ3) is 2.40. The minimum absolute atomic E-state index is 0.206. The average molecular weight is 258 g/mol.